The second-order valence-corrected chi connectivity index (χ2v) is 3.37. The summed E-state index contributed by atoms with van der Waals surface area (Å²) < 4.78 is 4.98. The van der Waals surface area contributed by atoms with Gasteiger partial charge in [0, 0.05) is 0 Å². The zero-order valence-electron chi connectivity index (χ0n) is 9.10. The first kappa shape index (κ1) is 16.8. The molecular weight excluding hydrogens is 247 g/mol. The third-order valence-electron chi connectivity index (χ3n) is 2.10. The average molecular weight is 262 g/mol. The van der Waals surface area contributed by atoms with Crippen LogP contribution in [0.5, 0.6) is 0 Å². The second-order valence-electron chi connectivity index (χ2n) is 3.37. The fraction of sp³-hybridized carbons (Fsp3) is 0.333. The van der Waals surface area contributed by atoms with Gasteiger partial charge < -0.3 is 9.84 Å². The summed E-state index contributed by atoms with van der Waals surface area (Å²) in [5, 5.41) is 8.67. The first-order valence-electron chi connectivity index (χ1n) is 5.15. The fourth-order valence-electron chi connectivity index (χ4n) is 1.14. The maximum absolute atomic E-state index is 11.4. The van der Waals surface area contributed by atoms with Crippen LogP contribution >= 0.6 is 0 Å². The Morgan fingerprint density at radius 2 is 1.71 bits per heavy atom. The van der Waals surface area contributed by atoms with E-state index in [1.807, 2.05) is 6.92 Å². The quantitative estimate of drug-likeness (QED) is 0.498. The fourth-order valence-corrected chi connectivity index (χ4v) is 1.14. The van der Waals surface area contributed by atoms with Gasteiger partial charge in [-0.1, -0.05) is 13.3 Å². The van der Waals surface area contributed by atoms with E-state index >= 15 is 0 Å². The average Bonchev–Trinajstić information content (AvgIpc) is 2.29. The molecule has 5 heteroatoms. The molecule has 0 unspecified atom stereocenters. The molecule has 1 N–H and O–H groups in total. The van der Waals surface area contributed by atoms with Gasteiger partial charge in [0.15, 0.2) is 0 Å². The molecular formula is C12H15KO4. The van der Waals surface area contributed by atoms with Crippen molar-refractivity contribution in [1.82, 2.24) is 0 Å². The van der Waals surface area contributed by atoms with Crippen LogP contribution in [0.25, 0.3) is 0 Å². The molecule has 1 rings (SSSR count). The standard InChI is InChI=1S/C12H14O4.K.H/c1-2-3-8-16-12(15)10-6-4-9(5-7-10)11(13)14;;/h4-7H,2-3,8H2,1H3,(H,13,14);;. The van der Waals surface area contributed by atoms with Crippen molar-refractivity contribution < 1.29 is 19.4 Å². The summed E-state index contributed by atoms with van der Waals surface area (Å²) in [7, 11) is 0. The van der Waals surface area contributed by atoms with Crippen LogP contribution in [0.4, 0.5) is 0 Å². The van der Waals surface area contributed by atoms with Crippen molar-refractivity contribution in [3.8, 4) is 0 Å². The molecule has 4 nitrogen and oxygen atoms in total. The number of hydrogen-bond acceptors (Lipinski definition) is 3. The summed E-state index contributed by atoms with van der Waals surface area (Å²) >= 11 is 0. The number of carbonyl (C=O) groups excluding carboxylic acids is 1. The van der Waals surface area contributed by atoms with Gasteiger partial charge >= 0.3 is 63.3 Å². The van der Waals surface area contributed by atoms with Crippen LogP contribution in [-0.4, -0.2) is 75.0 Å². The van der Waals surface area contributed by atoms with E-state index in [2.05, 4.69) is 0 Å². The number of ether oxygens (including phenoxy) is 1. The van der Waals surface area contributed by atoms with Crippen molar-refractivity contribution >= 4 is 63.3 Å². The van der Waals surface area contributed by atoms with Crippen LogP contribution in [0.1, 0.15) is 40.5 Å². The molecule has 0 bridgehead atoms. The summed E-state index contributed by atoms with van der Waals surface area (Å²) in [6, 6.07) is 5.69. The number of benzene rings is 1. The SMILES string of the molecule is CCCCOC(=O)c1ccc(C(=O)O)cc1.[KH]. The van der Waals surface area contributed by atoms with Gasteiger partial charge in [0.25, 0.3) is 0 Å². The Bertz CT molecular complexity index is 373. The summed E-state index contributed by atoms with van der Waals surface area (Å²) in [5.74, 6) is -1.42. The number of carboxylic acid groups (broad SMARTS) is 1. The topological polar surface area (TPSA) is 63.6 Å². The monoisotopic (exact) mass is 262 g/mol. The van der Waals surface area contributed by atoms with Gasteiger partial charge in [0.1, 0.15) is 0 Å². The normalized spacial score (nSPS) is 9.24. The number of hydrogen-bond donors (Lipinski definition) is 1. The molecule has 17 heavy (non-hydrogen) atoms. The van der Waals surface area contributed by atoms with Crippen LogP contribution < -0.4 is 0 Å². The molecule has 0 aliphatic heterocycles. The minimum absolute atomic E-state index is 0. The molecule has 1 aromatic carbocycles. The van der Waals surface area contributed by atoms with Gasteiger partial charge in [-0.2, -0.15) is 0 Å². The Balaban J connectivity index is 0.00000256. The first-order chi connectivity index (χ1) is 7.65. The Morgan fingerprint density at radius 3 is 2.18 bits per heavy atom. The van der Waals surface area contributed by atoms with Crippen molar-refractivity contribution in [1.29, 1.82) is 0 Å². The number of unbranched alkanes of at least 4 members (excludes halogenated alkanes) is 1. The molecule has 1 aromatic rings. The molecule has 0 radical (unpaired) electrons. The van der Waals surface area contributed by atoms with Crippen molar-refractivity contribution in [2.75, 3.05) is 6.61 Å². The van der Waals surface area contributed by atoms with Gasteiger partial charge in [0.05, 0.1) is 17.7 Å². The summed E-state index contributed by atoms with van der Waals surface area (Å²) in [6.45, 7) is 2.41. The molecule has 0 fully saturated rings. The Hall–Kier alpha value is -0.204. The molecule has 0 atom stereocenters. The van der Waals surface area contributed by atoms with Crippen LogP contribution in [-0.2, 0) is 4.74 Å². The zero-order valence-corrected chi connectivity index (χ0v) is 9.10. The van der Waals surface area contributed by atoms with Crippen LogP contribution in [0.3, 0.4) is 0 Å². The van der Waals surface area contributed by atoms with Crippen LogP contribution in [0, 0.1) is 0 Å². The molecule has 0 aliphatic carbocycles. The Morgan fingerprint density at radius 1 is 1.18 bits per heavy atom. The van der Waals surface area contributed by atoms with Crippen LogP contribution in [0.15, 0.2) is 24.3 Å². The number of aromatic carboxylic acids is 1. The van der Waals surface area contributed by atoms with Gasteiger partial charge in [-0.15, -0.1) is 0 Å². The van der Waals surface area contributed by atoms with E-state index in [0.717, 1.165) is 12.8 Å². The molecule has 0 spiro atoms. The summed E-state index contributed by atoms with van der Waals surface area (Å²) in [5.41, 5.74) is 0.534. The van der Waals surface area contributed by atoms with E-state index in [0.29, 0.717) is 12.2 Å². The van der Waals surface area contributed by atoms with E-state index in [9.17, 15) is 9.59 Å². The van der Waals surface area contributed by atoms with Crippen molar-refractivity contribution in [3.63, 3.8) is 0 Å². The van der Waals surface area contributed by atoms with Gasteiger partial charge in [0.2, 0.25) is 0 Å². The summed E-state index contributed by atoms with van der Waals surface area (Å²) in [6.07, 6.45) is 1.80. The molecule has 0 saturated heterocycles. The van der Waals surface area contributed by atoms with Crippen molar-refractivity contribution in [2.24, 2.45) is 0 Å². The second kappa shape index (κ2) is 8.82. The number of esters is 1. The predicted octanol–water partition coefficient (Wildman–Crippen LogP) is 1.69. The van der Waals surface area contributed by atoms with Crippen molar-refractivity contribution in [3.05, 3.63) is 35.4 Å². The number of carbonyl (C=O) groups is 2. The van der Waals surface area contributed by atoms with Crippen molar-refractivity contribution in [2.45, 2.75) is 19.8 Å². The predicted molar refractivity (Wildman–Crippen MR) is 65.7 cm³/mol. The van der Waals surface area contributed by atoms with Gasteiger partial charge in [-0.25, -0.2) is 9.59 Å². The van der Waals surface area contributed by atoms with Crippen LogP contribution in [0.2, 0.25) is 0 Å². The van der Waals surface area contributed by atoms with Gasteiger partial charge in [-0.05, 0) is 30.7 Å². The van der Waals surface area contributed by atoms with E-state index < -0.39 is 11.9 Å². The third kappa shape index (κ3) is 5.79. The molecule has 88 valence electrons. The Kier molecular flexibility index (Phi) is 8.72. The molecule has 0 heterocycles. The van der Waals surface area contributed by atoms with E-state index in [1.54, 1.807) is 0 Å². The molecule has 0 aromatic heterocycles. The first-order valence-corrected chi connectivity index (χ1v) is 5.15. The van der Waals surface area contributed by atoms with E-state index in [-0.39, 0.29) is 56.9 Å². The maximum atomic E-state index is 11.4. The zero-order chi connectivity index (χ0) is 12.0. The van der Waals surface area contributed by atoms with E-state index in [1.165, 1.54) is 24.3 Å². The molecule has 0 saturated carbocycles. The number of carboxylic acids is 1. The minimum atomic E-state index is -1.01. The molecule has 0 aliphatic rings. The van der Waals surface area contributed by atoms with E-state index in [4.69, 9.17) is 9.84 Å². The summed E-state index contributed by atoms with van der Waals surface area (Å²) in [4.78, 5) is 22.0. The Labute approximate surface area is 143 Å². The molecule has 0 amide bonds. The third-order valence-corrected chi connectivity index (χ3v) is 2.10. The number of rotatable bonds is 5. The van der Waals surface area contributed by atoms with Gasteiger partial charge in [-0.3, -0.25) is 0 Å².